The van der Waals surface area contributed by atoms with Crippen LogP contribution in [0.5, 0.6) is 0 Å². The fourth-order valence-electron chi connectivity index (χ4n) is 2.73. The molecule has 0 amide bonds. The molecule has 0 saturated carbocycles. The number of sulfonamides is 1. The van der Waals surface area contributed by atoms with Crippen molar-refractivity contribution in [3.8, 4) is 0 Å². The second-order valence-corrected chi connectivity index (χ2v) is 10.7. The van der Waals surface area contributed by atoms with Gasteiger partial charge in [0.05, 0.1) is 11.4 Å². The number of hydrogen-bond donors (Lipinski definition) is 2. The molecule has 1 aliphatic heterocycles. The number of hydrogen-bond acceptors (Lipinski definition) is 4. The minimum atomic E-state index is -3.35. The van der Waals surface area contributed by atoms with E-state index in [9.17, 15) is 8.42 Å². The first-order chi connectivity index (χ1) is 12.8. The molecular formula is C19H33IN4O2S2. The van der Waals surface area contributed by atoms with Crippen LogP contribution in [0.1, 0.15) is 39.2 Å². The van der Waals surface area contributed by atoms with Crippen molar-refractivity contribution < 1.29 is 8.42 Å². The van der Waals surface area contributed by atoms with Crippen LogP contribution >= 0.6 is 35.7 Å². The van der Waals surface area contributed by atoms with Gasteiger partial charge in [-0.3, -0.25) is 0 Å². The molecule has 0 spiro atoms. The van der Waals surface area contributed by atoms with Crippen molar-refractivity contribution in [1.82, 2.24) is 14.9 Å². The summed E-state index contributed by atoms with van der Waals surface area (Å²) in [5.74, 6) is 0.772. The second-order valence-electron chi connectivity index (χ2n) is 7.27. The van der Waals surface area contributed by atoms with Gasteiger partial charge in [0.25, 0.3) is 0 Å². The van der Waals surface area contributed by atoms with E-state index in [1.54, 1.807) is 16.4 Å². The Labute approximate surface area is 191 Å². The quantitative estimate of drug-likeness (QED) is 0.301. The number of guanidine groups is 1. The Kier molecular flexibility index (Phi) is 10.6. The van der Waals surface area contributed by atoms with Gasteiger partial charge in [-0.1, -0.05) is 12.1 Å². The summed E-state index contributed by atoms with van der Waals surface area (Å²) in [4.78, 5) is 4.98. The average molecular weight is 541 g/mol. The lowest BCUT2D eigenvalue weighted by molar-refractivity contribution is 0.477. The fraction of sp³-hybridized carbons (Fsp3) is 0.632. The third-order valence-electron chi connectivity index (χ3n) is 4.62. The van der Waals surface area contributed by atoms with Crippen molar-refractivity contribution in [1.29, 1.82) is 0 Å². The standard InChI is InChI=1S/C19H32N4O2S2.HI/c1-5-20-18(22-15-19(2,3)26-4)21-14-16-8-10-17(11-9-16)27(24,25)23-12-6-7-13-23;/h8-11H,5-7,12-15H2,1-4H3,(H2,20,21,22);1H. The highest BCUT2D eigenvalue weighted by Crippen LogP contribution is 2.21. The van der Waals surface area contributed by atoms with Crippen molar-refractivity contribution >= 4 is 51.7 Å². The molecule has 2 N–H and O–H groups in total. The summed E-state index contributed by atoms with van der Waals surface area (Å²) >= 11 is 1.81. The lowest BCUT2D eigenvalue weighted by Crippen LogP contribution is -2.43. The molecule has 1 fully saturated rings. The van der Waals surface area contributed by atoms with Crippen LogP contribution in [0.3, 0.4) is 0 Å². The van der Waals surface area contributed by atoms with Crippen molar-refractivity contribution in [3.05, 3.63) is 29.8 Å². The van der Waals surface area contributed by atoms with Crippen LogP contribution in [0.15, 0.2) is 34.2 Å². The van der Waals surface area contributed by atoms with E-state index in [0.717, 1.165) is 37.5 Å². The third-order valence-corrected chi connectivity index (χ3v) is 7.79. The largest absolute Gasteiger partial charge is 0.357 e. The molecule has 0 unspecified atom stereocenters. The van der Waals surface area contributed by atoms with Crippen LogP contribution in [0.25, 0.3) is 0 Å². The SMILES string of the molecule is CCNC(=NCc1ccc(S(=O)(=O)N2CCCC2)cc1)NCC(C)(C)SC.I. The zero-order chi connectivity index (χ0) is 19.9. The van der Waals surface area contributed by atoms with E-state index in [1.165, 1.54) is 0 Å². The normalized spacial score (nSPS) is 15.9. The third kappa shape index (κ3) is 7.38. The molecule has 1 aromatic carbocycles. The van der Waals surface area contributed by atoms with Gasteiger partial charge in [-0.05, 0) is 57.6 Å². The van der Waals surface area contributed by atoms with Gasteiger partial charge in [0.15, 0.2) is 5.96 Å². The minimum Gasteiger partial charge on any atom is -0.357 e. The number of aliphatic imine (C=N–C) groups is 1. The predicted octanol–water partition coefficient (Wildman–Crippen LogP) is 3.29. The van der Waals surface area contributed by atoms with E-state index in [-0.39, 0.29) is 28.7 Å². The lowest BCUT2D eigenvalue weighted by Gasteiger charge is -2.23. The summed E-state index contributed by atoms with van der Waals surface area (Å²) in [5.41, 5.74) is 0.983. The number of thioether (sulfide) groups is 1. The molecule has 160 valence electrons. The van der Waals surface area contributed by atoms with Gasteiger partial charge in [0.2, 0.25) is 10.0 Å². The molecule has 0 bridgehead atoms. The second kappa shape index (κ2) is 11.6. The van der Waals surface area contributed by atoms with Crippen LogP contribution < -0.4 is 10.6 Å². The van der Waals surface area contributed by atoms with Gasteiger partial charge in [-0.25, -0.2) is 13.4 Å². The molecule has 1 aliphatic rings. The number of nitrogens with zero attached hydrogens (tertiary/aromatic N) is 2. The Bertz CT molecular complexity index is 731. The van der Waals surface area contributed by atoms with E-state index >= 15 is 0 Å². The zero-order valence-electron chi connectivity index (χ0n) is 17.2. The van der Waals surface area contributed by atoms with E-state index in [2.05, 4.69) is 35.7 Å². The first-order valence-electron chi connectivity index (χ1n) is 9.45. The topological polar surface area (TPSA) is 73.8 Å². The van der Waals surface area contributed by atoms with Crippen LogP contribution in [0.4, 0.5) is 0 Å². The van der Waals surface area contributed by atoms with E-state index in [1.807, 2.05) is 30.8 Å². The minimum absolute atomic E-state index is 0. The van der Waals surface area contributed by atoms with Crippen LogP contribution in [0.2, 0.25) is 0 Å². The molecular weight excluding hydrogens is 507 g/mol. The maximum absolute atomic E-state index is 12.6. The average Bonchev–Trinajstić information content (AvgIpc) is 3.20. The lowest BCUT2D eigenvalue weighted by atomic mass is 10.2. The molecule has 1 saturated heterocycles. The molecule has 2 rings (SSSR count). The highest BCUT2D eigenvalue weighted by atomic mass is 127. The summed E-state index contributed by atoms with van der Waals surface area (Å²) in [6, 6.07) is 7.08. The molecule has 0 aliphatic carbocycles. The maximum atomic E-state index is 12.6. The number of rotatable bonds is 8. The summed E-state index contributed by atoms with van der Waals surface area (Å²) in [6.07, 6.45) is 3.99. The van der Waals surface area contributed by atoms with Crippen LogP contribution in [-0.4, -0.2) is 55.9 Å². The van der Waals surface area contributed by atoms with E-state index in [4.69, 9.17) is 0 Å². The fourth-order valence-corrected chi connectivity index (χ4v) is 4.46. The van der Waals surface area contributed by atoms with Gasteiger partial charge >= 0.3 is 0 Å². The van der Waals surface area contributed by atoms with E-state index < -0.39 is 10.0 Å². The van der Waals surface area contributed by atoms with Crippen molar-refractivity contribution in [2.45, 2.75) is 49.8 Å². The van der Waals surface area contributed by atoms with Crippen molar-refractivity contribution in [3.63, 3.8) is 0 Å². The first-order valence-corrected chi connectivity index (χ1v) is 12.1. The van der Waals surface area contributed by atoms with Crippen LogP contribution in [-0.2, 0) is 16.6 Å². The zero-order valence-corrected chi connectivity index (χ0v) is 21.2. The van der Waals surface area contributed by atoms with Crippen LogP contribution in [0, 0.1) is 0 Å². The highest BCUT2D eigenvalue weighted by molar-refractivity contribution is 14.0. The number of benzene rings is 1. The Morgan fingerprint density at radius 1 is 1.18 bits per heavy atom. The number of nitrogens with one attached hydrogen (secondary N) is 2. The molecule has 1 aromatic rings. The van der Waals surface area contributed by atoms with Gasteiger partial charge in [0.1, 0.15) is 0 Å². The van der Waals surface area contributed by atoms with Gasteiger partial charge in [-0.15, -0.1) is 24.0 Å². The monoisotopic (exact) mass is 540 g/mol. The van der Waals surface area contributed by atoms with Crippen molar-refractivity contribution in [2.75, 3.05) is 32.4 Å². The Hall–Kier alpha value is -0.520. The van der Waals surface area contributed by atoms with Gasteiger partial charge < -0.3 is 10.6 Å². The summed E-state index contributed by atoms with van der Waals surface area (Å²) < 4.78 is 26.9. The Balaban J connectivity index is 0.00000392. The molecule has 28 heavy (non-hydrogen) atoms. The Morgan fingerprint density at radius 2 is 1.79 bits per heavy atom. The van der Waals surface area contributed by atoms with Gasteiger partial charge in [-0.2, -0.15) is 16.1 Å². The number of halogens is 1. The summed E-state index contributed by atoms with van der Waals surface area (Å²) in [7, 11) is -3.35. The molecule has 9 heteroatoms. The summed E-state index contributed by atoms with van der Waals surface area (Å²) in [5, 5.41) is 6.62. The van der Waals surface area contributed by atoms with E-state index in [0.29, 0.717) is 24.5 Å². The summed E-state index contributed by atoms with van der Waals surface area (Å²) in [6.45, 7) is 9.76. The first kappa shape index (κ1) is 25.5. The van der Waals surface area contributed by atoms with Crippen molar-refractivity contribution in [2.24, 2.45) is 4.99 Å². The molecule has 1 heterocycles. The predicted molar refractivity (Wildman–Crippen MR) is 130 cm³/mol. The highest BCUT2D eigenvalue weighted by Gasteiger charge is 2.26. The maximum Gasteiger partial charge on any atom is 0.243 e. The van der Waals surface area contributed by atoms with Gasteiger partial charge in [0, 0.05) is 30.9 Å². The smallest absolute Gasteiger partial charge is 0.243 e. The molecule has 0 radical (unpaired) electrons. The Morgan fingerprint density at radius 3 is 2.32 bits per heavy atom. The molecule has 0 aromatic heterocycles. The molecule has 6 nitrogen and oxygen atoms in total. The molecule has 0 atom stereocenters.